The molecule has 1 aliphatic heterocycles. The van der Waals surface area contributed by atoms with E-state index in [9.17, 15) is 4.79 Å². The van der Waals surface area contributed by atoms with Crippen LogP contribution in [0.5, 0.6) is 0 Å². The lowest BCUT2D eigenvalue weighted by atomic mass is 9.66. The second-order valence-corrected chi connectivity index (χ2v) is 7.60. The van der Waals surface area contributed by atoms with E-state index in [1.54, 1.807) is 6.08 Å². The predicted molar refractivity (Wildman–Crippen MR) is 91.1 cm³/mol. The molecule has 1 heterocycles. The van der Waals surface area contributed by atoms with E-state index in [2.05, 4.69) is 46.4 Å². The first-order chi connectivity index (χ1) is 10.4. The van der Waals surface area contributed by atoms with E-state index in [1.807, 2.05) is 24.1 Å². The minimum atomic E-state index is -0.206. The molecule has 1 aromatic rings. The first-order valence-electron chi connectivity index (χ1n) is 7.58. The lowest BCUT2D eigenvalue weighted by Crippen LogP contribution is -2.68. The van der Waals surface area contributed by atoms with Crippen molar-refractivity contribution < 1.29 is 4.79 Å². The average Bonchev–Trinajstić information content (AvgIpc) is 2.46. The Bertz CT molecular complexity index is 618. The summed E-state index contributed by atoms with van der Waals surface area (Å²) in [6.07, 6.45) is 4.48. The summed E-state index contributed by atoms with van der Waals surface area (Å²) in [5.41, 5.74) is 7.27. The van der Waals surface area contributed by atoms with Crippen LogP contribution in [0.1, 0.15) is 12.5 Å². The van der Waals surface area contributed by atoms with E-state index in [0.717, 1.165) is 10.9 Å². The molecule has 0 saturated carbocycles. The third kappa shape index (κ3) is 2.91. The van der Waals surface area contributed by atoms with Crippen molar-refractivity contribution in [3.8, 4) is 0 Å². The molecule has 22 heavy (non-hydrogen) atoms. The molecule has 1 aromatic carbocycles. The van der Waals surface area contributed by atoms with Gasteiger partial charge >= 0.3 is 0 Å². The fraction of sp³-hybridized carbons (Fsp3) is 0.471. The van der Waals surface area contributed by atoms with Gasteiger partial charge in [-0.15, -0.1) is 0 Å². The van der Waals surface area contributed by atoms with Crippen LogP contribution >= 0.6 is 15.9 Å². The Labute approximate surface area is 139 Å². The second kappa shape index (κ2) is 5.89. The largest absolute Gasteiger partial charge is 0.303 e. The number of halogens is 1. The lowest BCUT2D eigenvalue weighted by molar-refractivity contribution is -0.124. The van der Waals surface area contributed by atoms with Crippen molar-refractivity contribution in [2.24, 2.45) is 17.1 Å². The van der Waals surface area contributed by atoms with Gasteiger partial charge in [0.1, 0.15) is 6.29 Å². The van der Waals surface area contributed by atoms with Gasteiger partial charge in [0.15, 0.2) is 5.78 Å². The van der Waals surface area contributed by atoms with Crippen molar-refractivity contribution in [1.29, 1.82) is 0 Å². The number of nitrogens with two attached hydrogens (primary N) is 1. The van der Waals surface area contributed by atoms with Crippen LogP contribution in [0.3, 0.4) is 0 Å². The Hall–Kier alpha value is -1.01. The molecule has 5 heteroatoms. The average molecular weight is 364 g/mol. The number of ketones is 1. The molecule has 118 valence electrons. The van der Waals surface area contributed by atoms with Crippen LogP contribution < -0.4 is 11.1 Å². The molecule has 0 aromatic heterocycles. The zero-order valence-electron chi connectivity index (χ0n) is 12.9. The normalized spacial score (nSPS) is 35.5. The summed E-state index contributed by atoms with van der Waals surface area (Å²) in [7, 11) is 1.95. The number of nitrogens with one attached hydrogen (secondary N) is 1. The lowest BCUT2D eigenvalue weighted by Gasteiger charge is -2.49. The molecule has 3 N–H and O–H groups in total. The highest BCUT2D eigenvalue weighted by Crippen LogP contribution is 2.38. The molecule has 4 unspecified atom stereocenters. The van der Waals surface area contributed by atoms with Gasteiger partial charge in [-0.05, 0) is 37.2 Å². The molecule has 1 fully saturated rings. The number of allylic oxidation sites excluding steroid dienone is 1. The SMILES string of the molecule is CN1CC2C(=O)C=CC(C)(Cc3cccc(Br)c3)C2NC1N. The van der Waals surface area contributed by atoms with E-state index in [1.165, 1.54) is 5.56 Å². The molecule has 4 atom stereocenters. The maximum absolute atomic E-state index is 12.3. The van der Waals surface area contributed by atoms with Crippen LogP contribution in [-0.4, -0.2) is 36.6 Å². The molecule has 0 spiro atoms. The Morgan fingerprint density at radius 3 is 3.00 bits per heavy atom. The van der Waals surface area contributed by atoms with Crippen molar-refractivity contribution in [3.63, 3.8) is 0 Å². The fourth-order valence-electron chi connectivity index (χ4n) is 3.62. The van der Waals surface area contributed by atoms with Gasteiger partial charge in [0.05, 0.1) is 5.92 Å². The molecular formula is C17H22BrN3O. The van der Waals surface area contributed by atoms with E-state index in [0.29, 0.717) is 6.54 Å². The molecule has 0 amide bonds. The molecule has 0 radical (unpaired) electrons. The maximum Gasteiger partial charge on any atom is 0.161 e. The molecule has 1 aliphatic carbocycles. The maximum atomic E-state index is 12.3. The van der Waals surface area contributed by atoms with Crippen LogP contribution in [0.25, 0.3) is 0 Å². The zero-order valence-corrected chi connectivity index (χ0v) is 14.5. The van der Waals surface area contributed by atoms with Crippen molar-refractivity contribution in [1.82, 2.24) is 10.2 Å². The summed E-state index contributed by atoms with van der Waals surface area (Å²) >= 11 is 3.53. The van der Waals surface area contributed by atoms with Crippen LogP contribution in [0.15, 0.2) is 40.9 Å². The van der Waals surface area contributed by atoms with E-state index in [4.69, 9.17) is 5.73 Å². The topological polar surface area (TPSA) is 58.4 Å². The molecule has 4 nitrogen and oxygen atoms in total. The highest BCUT2D eigenvalue weighted by atomic mass is 79.9. The number of nitrogens with zero attached hydrogens (tertiary/aromatic N) is 1. The number of hydrogen-bond donors (Lipinski definition) is 2. The van der Waals surface area contributed by atoms with Crippen molar-refractivity contribution in [2.45, 2.75) is 25.7 Å². The zero-order chi connectivity index (χ0) is 15.9. The predicted octanol–water partition coefficient (Wildman–Crippen LogP) is 1.90. The van der Waals surface area contributed by atoms with Crippen LogP contribution in [0, 0.1) is 11.3 Å². The minimum absolute atomic E-state index is 0.0352. The van der Waals surface area contributed by atoms with Gasteiger partial charge < -0.3 is 5.73 Å². The Balaban J connectivity index is 1.91. The molecule has 3 rings (SSSR count). The van der Waals surface area contributed by atoms with Gasteiger partial charge in [0.25, 0.3) is 0 Å². The monoisotopic (exact) mass is 363 g/mol. The van der Waals surface area contributed by atoms with E-state index < -0.39 is 0 Å². The highest BCUT2D eigenvalue weighted by Gasteiger charge is 2.47. The van der Waals surface area contributed by atoms with Crippen molar-refractivity contribution in [3.05, 3.63) is 46.5 Å². The molecule has 2 aliphatic rings. The molecule has 1 saturated heterocycles. The van der Waals surface area contributed by atoms with Gasteiger partial charge in [-0.25, -0.2) is 0 Å². The molecular weight excluding hydrogens is 342 g/mol. The smallest absolute Gasteiger partial charge is 0.161 e. The quantitative estimate of drug-likeness (QED) is 0.842. The first-order valence-corrected chi connectivity index (χ1v) is 8.38. The van der Waals surface area contributed by atoms with Crippen molar-refractivity contribution >= 4 is 21.7 Å². The number of carbonyl (C=O) groups is 1. The number of benzene rings is 1. The van der Waals surface area contributed by atoms with E-state index in [-0.39, 0.29) is 29.4 Å². The number of carbonyl (C=O) groups excluding carboxylic acids is 1. The summed E-state index contributed by atoms with van der Waals surface area (Å²) in [6.45, 7) is 2.91. The summed E-state index contributed by atoms with van der Waals surface area (Å²) in [5, 5.41) is 3.44. The van der Waals surface area contributed by atoms with Gasteiger partial charge in [0.2, 0.25) is 0 Å². The van der Waals surface area contributed by atoms with Crippen LogP contribution in [0.4, 0.5) is 0 Å². The number of fused-ring (bicyclic) bond motifs is 1. The van der Waals surface area contributed by atoms with Crippen molar-refractivity contribution in [2.75, 3.05) is 13.6 Å². The summed E-state index contributed by atoms with van der Waals surface area (Å²) in [5.74, 6) is 0.162. The summed E-state index contributed by atoms with van der Waals surface area (Å²) in [6, 6.07) is 8.41. The Morgan fingerprint density at radius 2 is 2.27 bits per heavy atom. The Kier molecular flexibility index (Phi) is 4.25. The van der Waals surface area contributed by atoms with Gasteiger partial charge in [-0.3, -0.25) is 15.0 Å². The van der Waals surface area contributed by atoms with Gasteiger partial charge in [-0.1, -0.05) is 41.1 Å². The summed E-state index contributed by atoms with van der Waals surface area (Å²) in [4.78, 5) is 14.3. The van der Waals surface area contributed by atoms with Gasteiger partial charge in [-0.2, -0.15) is 0 Å². The van der Waals surface area contributed by atoms with E-state index >= 15 is 0 Å². The van der Waals surface area contributed by atoms with Crippen LogP contribution in [0.2, 0.25) is 0 Å². The minimum Gasteiger partial charge on any atom is -0.303 e. The standard InChI is InChI=1S/C17H22BrN3O/c1-17(9-11-4-3-5-12(18)8-11)7-6-14(22)13-10-21(2)16(19)20-15(13)17/h3-8,13,15-16,20H,9-10,19H2,1-2H3. The number of hydrogen-bond acceptors (Lipinski definition) is 4. The first kappa shape index (κ1) is 15.9. The van der Waals surface area contributed by atoms with Crippen LogP contribution in [-0.2, 0) is 11.2 Å². The Morgan fingerprint density at radius 1 is 1.50 bits per heavy atom. The summed E-state index contributed by atoms with van der Waals surface area (Å²) < 4.78 is 1.08. The second-order valence-electron chi connectivity index (χ2n) is 6.68. The van der Waals surface area contributed by atoms with Gasteiger partial charge in [0, 0.05) is 22.5 Å². The highest BCUT2D eigenvalue weighted by molar-refractivity contribution is 9.10. The third-order valence-electron chi connectivity index (χ3n) is 4.89. The fourth-order valence-corrected chi connectivity index (χ4v) is 4.06. The third-order valence-corrected chi connectivity index (χ3v) is 5.38. The molecule has 0 bridgehead atoms. The number of rotatable bonds is 2.